The quantitative estimate of drug-likeness (QED) is 0.699. The molecule has 1 aliphatic rings. The number of rotatable bonds is 6. The minimum Gasteiger partial charge on any atom is -0.396 e. The molecule has 136 valence electrons. The zero-order chi connectivity index (χ0) is 18.0. The van der Waals surface area contributed by atoms with E-state index < -0.39 is 25.5 Å². The van der Waals surface area contributed by atoms with Gasteiger partial charge in [-0.15, -0.1) is 0 Å². The van der Waals surface area contributed by atoms with Crippen LogP contribution in [0.4, 0.5) is 13.2 Å². The van der Waals surface area contributed by atoms with Gasteiger partial charge in [0.05, 0.1) is 5.56 Å². The highest BCUT2D eigenvalue weighted by atomic mass is 28.3. The van der Waals surface area contributed by atoms with Crippen LogP contribution in [0.5, 0.6) is 0 Å². The van der Waals surface area contributed by atoms with Crippen molar-refractivity contribution in [3.05, 3.63) is 29.8 Å². The maximum absolute atomic E-state index is 12.7. The van der Waals surface area contributed by atoms with Gasteiger partial charge in [-0.1, -0.05) is 75.2 Å². The third-order valence-corrected chi connectivity index (χ3v) is 9.46. The summed E-state index contributed by atoms with van der Waals surface area (Å²) in [6.07, 6.45) is 2.55. The number of halogens is 3. The average Bonchev–Trinajstić information content (AvgIpc) is 2.92. The minimum atomic E-state index is -4.30. The summed E-state index contributed by atoms with van der Waals surface area (Å²) in [6, 6.07) is 5.38. The van der Waals surface area contributed by atoms with Gasteiger partial charge in [0, 0.05) is 5.73 Å². The van der Waals surface area contributed by atoms with Crippen LogP contribution < -0.4 is 5.19 Å². The van der Waals surface area contributed by atoms with Crippen LogP contribution >= 0.6 is 0 Å². The maximum atomic E-state index is 12.7. The van der Waals surface area contributed by atoms with E-state index in [0.29, 0.717) is 0 Å². The largest absolute Gasteiger partial charge is 0.416 e. The van der Waals surface area contributed by atoms with E-state index in [4.69, 9.17) is 0 Å². The lowest BCUT2D eigenvalue weighted by Crippen LogP contribution is -2.52. The first-order valence-electron chi connectivity index (χ1n) is 8.96. The van der Waals surface area contributed by atoms with Crippen molar-refractivity contribution in [1.82, 2.24) is 0 Å². The molecule has 0 bridgehead atoms. The Labute approximate surface area is 144 Å². The zero-order valence-electron chi connectivity index (χ0n) is 14.9. The molecule has 3 unspecified atom stereocenters. The van der Waals surface area contributed by atoms with Crippen LogP contribution in [0, 0.1) is 11.8 Å². The Balaban J connectivity index is 1.90. The highest BCUT2D eigenvalue weighted by molar-refractivity contribution is 6.90. The Kier molecular flexibility index (Phi) is 6.18. The van der Waals surface area contributed by atoms with E-state index in [2.05, 4.69) is 6.92 Å². The lowest BCUT2D eigenvalue weighted by molar-refractivity contribution is -0.137. The zero-order valence-corrected chi connectivity index (χ0v) is 15.9. The summed E-state index contributed by atoms with van der Waals surface area (Å²) in [5.41, 5.74) is -1.03. The second kappa shape index (κ2) is 7.61. The lowest BCUT2D eigenvalue weighted by atomic mass is 9.99. The van der Waals surface area contributed by atoms with Crippen molar-refractivity contribution in [3.8, 4) is 0 Å². The number of alkyl halides is 3. The molecule has 0 heterocycles. The standard InChI is InChI=1S/C19H29F3OSi/c1-14-7-8-15(13-14)5-4-6-18(23)24(2,3)17-11-9-16(10-12-17)19(20,21)22/h9-12,14-15,18,23H,4-8,13H2,1-3H3. The molecule has 2 rings (SSSR count). The molecule has 0 spiro atoms. The topological polar surface area (TPSA) is 20.2 Å². The molecule has 3 atom stereocenters. The molecule has 0 aromatic heterocycles. The van der Waals surface area contributed by atoms with E-state index in [1.807, 2.05) is 13.1 Å². The SMILES string of the molecule is CC1CCC(CCCC(O)[Si](C)(C)c2ccc(C(F)(F)F)cc2)C1. The Morgan fingerprint density at radius 1 is 1.17 bits per heavy atom. The number of aliphatic hydroxyl groups is 1. The molecule has 5 heteroatoms. The molecule has 0 saturated heterocycles. The van der Waals surface area contributed by atoms with E-state index in [9.17, 15) is 18.3 Å². The highest BCUT2D eigenvalue weighted by Crippen LogP contribution is 2.34. The van der Waals surface area contributed by atoms with Crippen molar-refractivity contribution in [2.75, 3.05) is 0 Å². The van der Waals surface area contributed by atoms with Crippen LogP contribution in [0.25, 0.3) is 0 Å². The van der Waals surface area contributed by atoms with Gasteiger partial charge in [-0.3, -0.25) is 0 Å². The number of hydrogen-bond donors (Lipinski definition) is 1. The summed E-state index contributed by atoms with van der Waals surface area (Å²) in [7, 11) is -2.17. The van der Waals surface area contributed by atoms with Crippen LogP contribution in [0.1, 0.15) is 51.0 Å². The Hall–Kier alpha value is -0.813. The molecule has 1 nitrogen and oxygen atoms in total. The number of benzene rings is 1. The Morgan fingerprint density at radius 2 is 1.79 bits per heavy atom. The van der Waals surface area contributed by atoms with Gasteiger partial charge in [-0.05, 0) is 24.7 Å². The van der Waals surface area contributed by atoms with Gasteiger partial charge in [0.2, 0.25) is 0 Å². The predicted octanol–water partition coefficient (Wildman–Crippen LogP) is 5.13. The molecule has 24 heavy (non-hydrogen) atoms. The van der Waals surface area contributed by atoms with Gasteiger partial charge >= 0.3 is 6.18 Å². The first kappa shape index (κ1) is 19.5. The Morgan fingerprint density at radius 3 is 2.29 bits per heavy atom. The molecule has 1 aliphatic carbocycles. The molecular formula is C19H29F3OSi. The molecule has 0 aliphatic heterocycles. The van der Waals surface area contributed by atoms with E-state index in [-0.39, 0.29) is 0 Å². The van der Waals surface area contributed by atoms with Gasteiger partial charge in [-0.25, -0.2) is 0 Å². The van der Waals surface area contributed by atoms with Crippen LogP contribution in [0.3, 0.4) is 0 Å². The predicted molar refractivity (Wildman–Crippen MR) is 94.9 cm³/mol. The van der Waals surface area contributed by atoms with E-state index in [1.54, 1.807) is 12.1 Å². The Bertz CT molecular complexity index is 524. The number of aliphatic hydroxyl groups excluding tert-OH is 1. The average molecular weight is 359 g/mol. The monoisotopic (exact) mass is 358 g/mol. The molecule has 0 amide bonds. The van der Waals surface area contributed by atoms with Crippen molar-refractivity contribution in [2.24, 2.45) is 11.8 Å². The second-order valence-corrected chi connectivity index (χ2v) is 12.7. The van der Waals surface area contributed by atoms with Gasteiger partial charge in [0.25, 0.3) is 0 Å². The summed E-state index contributed by atoms with van der Waals surface area (Å²) in [4.78, 5) is 0. The van der Waals surface area contributed by atoms with Crippen molar-refractivity contribution in [2.45, 2.75) is 70.4 Å². The third-order valence-electron chi connectivity index (χ3n) is 5.68. The molecule has 0 radical (unpaired) electrons. The minimum absolute atomic E-state index is 0.409. The van der Waals surface area contributed by atoms with Crippen LogP contribution in [-0.4, -0.2) is 18.9 Å². The van der Waals surface area contributed by atoms with Gasteiger partial charge < -0.3 is 5.11 Å². The molecule has 1 fully saturated rings. The first-order chi connectivity index (χ1) is 11.1. The molecule has 1 N–H and O–H groups in total. The van der Waals surface area contributed by atoms with Crippen LogP contribution in [-0.2, 0) is 6.18 Å². The van der Waals surface area contributed by atoms with E-state index in [0.717, 1.165) is 42.0 Å². The second-order valence-electron chi connectivity index (χ2n) is 8.03. The highest BCUT2D eigenvalue weighted by Gasteiger charge is 2.34. The van der Waals surface area contributed by atoms with E-state index >= 15 is 0 Å². The van der Waals surface area contributed by atoms with Crippen LogP contribution in [0.2, 0.25) is 13.1 Å². The smallest absolute Gasteiger partial charge is 0.396 e. The number of hydrogen-bond acceptors (Lipinski definition) is 1. The summed E-state index contributed by atoms with van der Waals surface area (Å²) >= 11 is 0. The third kappa shape index (κ3) is 4.85. The molecule has 1 aromatic carbocycles. The van der Waals surface area contributed by atoms with Crippen LogP contribution in [0.15, 0.2) is 24.3 Å². The fraction of sp³-hybridized carbons (Fsp3) is 0.684. The normalized spacial score (nSPS) is 23.5. The van der Waals surface area contributed by atoms with Gasteiger partial charge in [0.1, 0.15) is 8.07 Å². The van der Waals surface area contributed by atoms with Crippen molar-refractivity contribution in [3.63, 3.8) is 0 Å². The maximum Gasteiger partial charge on any atom is 0.416 e. The fourth-order valence-electron chi connectivity index (χ4n) is 3.83. The van der Waals surface area contributed by atoms with Gasteiger partial charge in [-0.2, -0.15) is 13.2 Å². The molecular weight excluding hydrogens is 329 g/mol. The fourth-order valence-corrected chi connectivity index (χ4v) is 6.17. The van der Waals surface area contributed by atoms with Gasteiger partial charge in [0.15, 0.2) is 0 Å². The van der Waals surface area contributed by atoms with Crippen molar-refractivity contribution in [1.29, 1.82) is 0 Å². The summed E-state index contributed by atoms with van der Waals surface area (Å²) in [5.74, 6) is 1.63. The van der Waals surface area contributed by atoms with Crippen molar-refractivity contribution < 1.29 is 18.3 Å². The molecule has 1 aromatic rings. The lowest BCUT2D eigenvalue weighted by Gasteiger charge is -2.29. The summed E-state index contributed by atoms with van der Waals surface area (Å²) < 4.78 is 38.0. The first-order valence-corrected chi connectivity index (χ1v) is 12.0. The van der Waals surface area contributed by atoms with Crippen molar-refractivity contribution >= 4 is 13.3 Å². The molecule has 1 saturated carbocycles. The van der Waals surface area contributed by atoms with E-state index in [1.165, 1.54) is 25.7 Å². The summed E-state index contributed by atoms with van der Waals surface area (Å²) in [6.45, 7) is 6.38. The summed E-state index contributed by atoms with van der Waals surface area (Å²) in [5, 5.41) is 11.5.